The van der Waals surface area contributed by atoms with Gasteiger partial charge in [0.05, 0.1) is 31.6 Å². The van der Waals surface area contributed by atoms with E-state index in [1.807, 2.05) is 54.7 Å². The fourth-order valence-electron chi connectivity index (χ4n) is 4.27. The largest absolute Gasteiger partial charge is 0.493 e. The number of amides is 1. The maximum atomic E-state index is 13.3. The van der Waals surface area contributed by atoms with E-state index in [1.165, 1.54) is 0 Å². The van der Waals surface area contributed by atoms with Gasteiger partial charge in [0.1, 0.15) is 5.69 Å². The highest BCUT2D eigenvalue weighted by Crippen LogP contribution is 2.37. The van der Waals surface area contributed by atoms with Crippen molar-refractivity contribution in [2.45, 2.75) is 32.7 Å². The van der Waals surface area contributed by atoms with Gasteiger partial charge in [0.25, 0.3) is 5.91 Å². The molecule has 0 aliphatic carbocycles. The van der Waals surface area contributed by atoms with E-state index < -0.39 is 0 Å². The maximum absolute atomic E-state index is 13.3. The molecule has 1 aromatic carbocycles. The molecule has 0 saturated carbocycles. The number of methoxy groups -OCH3 is 2. The number of rotatable bonds is 5. The molecular weight excluding hydrogens is 382 g/mol. The molecule has 0 spiro atoms. The van der Waals surface area contributed by atoms with Crippen molar-refractivity contribution in [2.24, 2.45) is 7.05 Å². The van der Waals surface area contributed by atoms with Crippen LogP contribution >= 0.6 is 0 Å². The molecule has 1 aliphatic heterocycles. The van der Waals surface area contributed by atoms with Crippen LogP contribution in [0.15, 0.2) is 24.3 Å². The molecule has 3 heterocycles. The first-order chi connectivity index (χ1) is 14.4. The van der Waals surface area contributed by atoms with Crippen LogP contribution in [-0.2, 0) is 7.05 Å². The van der Waals surface area contributed by atoms with Crippen molar-refractivity contribution in [1.29, 1.82) is 0 Å². The molecule has 158 valence electrons. The van der Waals surface area contributed by atoms with Crippen LogP contribution in [0.1, 0.15) is 46.3 Å². The van der Waals surface area contributed by atoms with Gasteiger partial charge in [-0.1, -0.05) is 6.07 Å². The number of hydrogen-bond donors (Lipinski definition) is 1. The van der Waals surface area contributed by atoms with Gasteiger partial charge in [-0.15, -0.1) is 0 Å². The van der Waals surface area contributed by atoms with Crippen LogP contribution in [0.2, 0.25) is 0 Å². The van der Waals surface area contributed by atoms with Crippen molar-refractivity contribution in [3.8, 4) is 22.8 Å². The molecule has 1 atom stereocenters. The van der Waals surface area contributed by atoms with Crippen LogP contribution in [0.4, 0.5) is 0 Å². The molecule has 1 fully saturated rings. The predicted octanol–water partition coefficient (Wildman–Crippen LogP) is 3.42. The summed E-state index contributed by atoms with van der Waals surface area (Å²) in [6.07, 6.45) is 1.86. The van der Waals surface area contributed by atoms with Gasteiger partial charge >= 0.3 is 0 Å². The van der Waals surface area contributed by atoms with Crippen LogP contribution in [0.25, 0.3) is 11.3 Å². The summed E-state index contributed by atoms with van der Waals surface area (Å²) in [5.41, 5.74) is 5.14. The number of nitrogens with zero attached hydrogens (tertiary/aromatic N) is 4. The van der Waals surface area contributed by atoms with Crippen molar-refractivity contribution in [2.75, 3.05) is 20.8 Å². The van der Waals surface area contributed by atoms with Gasteiger partial charge < -0.3 is 14.4 Å². The lowest BCUT2D eigenvalue weighted by Crippen LogP contribution is -2.30. The second-order valence-electron chi connectivity index (χ2n) is 7.61. The Morgan fingerprint density at radius 1 is 1.17 bits per heavy atom. The third kappa shape index (κ3) is 3.32. The zero-order valence-electron chi connectivity index (χ0n) is 18.0. The number of carbonyl (C=O) groups excluding carboxylic acids is 1. The molecule has 1 amide bonds. The second kappa shape index (κ2) is 7.85. The highest BCUT2D eigenvalue weighted by atomic mass is 16.5. The number of carbonyl (C=O) groups is 1. The number of aromatic nitrogens is 4. The Bertz CT molecular complexity index is 1080. The number of hydrogen-bond acceptors (Lipinski definition) is 5. The molecule has 1 unspecified atom stereocenters. The quantitative estimate of drug-likeness (QED) is 0.698. The summed E-state index contributed by atoms with van der Waals surface area (Å²) < 4.78 is 12.6. The molecule has 0 bridgehead atoms. The molecule has 8 nitrogen and oxygen atoms in total. The Hall–Kier alpha value is -3.29. The molecule has 1 aliphatic rings. The van der Waals surface area contributed by atoms with E-state index in [1.54, 1.807) is 14.2 Å². The first-order valence-corrected chi connectivity index (χ1v) is 10.0. The molecular formula is C22H27N5O3. The summed E-state index contributed by atoms with van der Waals surface area (Å²) in [5.74, 6) is 1.29. The Kier molecular flexibility index (Phi) is 5.24. The van der Waals surface area contributed by atoms with Crippen LogP contribution in [0.5, 0.6) is 11.5 Å². The Balaban J connectivity index is 1.61. The minimum Gasteiger partial charge on any atom is -0.493 e. The van der Waals surface area contributed by atoms with Gasteiger partial charge in [-0.2, -0.15) is 10.2 Å². The third-order valence-corrected chi connectivity index (χ3v) is 5.88. The number of benzene rings is 1. The molecule has 30 heavy (non-hydrogen) atoms. The highest BCUT2D eigenvalue weighted by molar-refractivity contribution is 5.94. The summed E-state index contributed by atoms with van der Waals surface area (Å²) in [7, 11) is 5.14. The molecule has 3 aromatic rings. The number of H-pyrrole nitrogens is 1. The van der Waals surface area contributed by atoms with Crippen LogP contribution < -0.4 is 9.47 Å². The van der Waals surface area contributed by atoms with Gasteiger partial charge in [0, 0.05) is 24.8 Å². The molecule has 0 radical (unpaired) electrons. The van der Waals surface area contributed by atoms with Gasteiger partial charge in [0.15, 0.2) is 11.5 Å². The van der Waals surface area contributed by atoms with Gasteiger partial charge in [0.2, 0.25) is 0 Å². The van der Waals surface area contributed by atoms with E-state index in [0.717, 1.165) is 41.1 Å². The van der Waals surface area contributed by atoms with Crippen molar-refractivity contribution < 1.29 is 14.3 Å². The zero-order chi connectivity index (χ0) is 21.4. The standard InChI is InChI=1S/C22H27N5O3/c1-13-21(14(2)26(3)25-13)16-12-17(24-23-16)22(28)27-10-6-7-18(27)15-8-9-19(29-4)20(11-15)30-5/h8-9,11-12,18H,6-7,10H2,1-5H3,(H,23,24). The minimum atomic E-state index is -0.0507. The smallest absolute Gasteiger partial charge is 0.272 e. The van der Waals surface area contributed by atoms with Crippen LogP contribution in [-0.4, -0.2) is 51.5 Å². The maximum Gasteiger partial charge on any atom is 0.272 e. The van der Waals surface area contributed by atoms with Crippen molar-refractivity contribution in [1.82, 2.24) is 24.9 Å². The Morgan fingerprint density at radius 2 is 1.93 bits per heavy atom. The monoisotopic (exact) mass is 409 g/mol. The van der Waals surface area contributed by atoms with E-state index >= 15 is 0 Å². The third-order valence-electron chi connectivity index (χ3n) is 5.88. The summed E-state index contributed by atoms with van der Waals surface area (Å²) in [6.45, 7) is 4.66. The van der Waals surface area contributed by atoms with E-state index in [9.17, 15) is 4.79 Å². The topological polar surface area (TPSA) is 85.3 Å². The Morgan fingerprint density at radius 3 is 2.60 bits per heavy atom. The van der Waals surface area contributed by atoms with E-state index in [4.69, 9.17) is 9.47 Å². The second-order valence-corrected chi connectivity index (χ2v) is 7.61. The first-order valence-electron chi connectivity index (χ1n) is 10.0. The summed E-state index contributed by atoms with van der Waals surface area (Å²) in [4.78, 5) is 15.2. The van der Waals surface area contributed by atoms with Gasteiger partial charge in [-0.25, -0.2) is 0 Å². The molecule has 1 N–H and O–H groups in total. The fraction of sp³-hybridized carbons (Fsp3) is 0.409. The number of likely N-dealkylation sites (tertiary alicyclic amines) is 1. The first kappa shape index (κ1) is 20.0. The Labute approximate surface area is 175 Å². The zero-order valence-corrected chi connectivity index (χ0v) is 18.0. The molecule has 1 saturated heterocycles. The average molecular weight is 409 g/mol. The minimum absolute atomic E-state index is 0.00841. The molecule has 4 rings (SSSR count). The number of ether oxygens (including phenoxy) is 2. The summed E-state index contributed by atoms with van der Waals surface area (Å²) in [6, 6.07) is 7.65. The summed E-state index contributed by atoms with van der Waals surface area (Å²) in [5, 5.41) is 11.8. The fourth-order valence-corrected chi connectivity index (χ4v) is 4.27. The number of aromatic amines is 1. The van der Waals surface area contributed by atoms with E-state index in [0.29, 0.717) is 23.7 Å². The lowest BCUT2D eigenvalue weighted by Gasteiger charge is -2.25. The lowest BCUT2D eigenvalue weighted by atomic mass is 10.0. The average Bonchev–Trinajstić information content (AvgIpc) is 3.47. The predicted molar refractivity (Wildman–Crippen MR) is 113 cm³/mol. The van der Waals surface area contributed by atoms with Crippen molar-refractivity contribution in [3.05, 3.63) is 46.9 Å². The van der Waals surface area contributed by atoms with Gasteiger partial charge in [-0.05, 0) is 50.5 Å². The SMILES string of the molecule is COc1ccc(C2CCCN2C(=O)c2cc(-c3c(C)nn(C)c3C)n[nH]2)cc1OC. The lowest BCUT2D eigenvalue weighted by molar-refractivity contribution is 0.0729. The van der Waals surface area contributed by atoms with E-state index in [2.05, 4.69) is 15.3 Å². The molecule has 2 aromatic heterocycles. The highest BCUT2D eigenvalue weighted by Gasteiger charge is 2.32. The summed E-state index contributed by atoms with van der Waals surface area (Å²) >= 11 is 0. The van der Waals surface area contributed by atoms with Crippen LogP contribution in [0, 0.1) is 13.8 Å². The molecule has 8 heteroatoms. The number of aryl methyl sites for hydroxylation is 2. The van der Waals surface area contributed by atoms with Crippen LogP contribution in [0.3, 0.4) is 0 Å². The van der Waals surface area contributed by atoms with E-state index in [-0.39, 0.29) is 11.9 Å². The van der Waals surface area contributed by atoms with Gasteiger partial charge in [-0.3, -0.25) is 14.6 Å². The van der Waals surface area contributed by atoms with Crippen molar-refractivity contribution in [3.63, 3.8) is 0 Å². The van der Waals surface area contributed by atoms with Crippen molar-refractivity contribution >= 4 is 5.91 Å². The normalized spacial score (nSPS) is 16.2. The number of nitrogens with one attached hydrogen (secondary N) is 1.